The topological polar surface area (TPSA) is 101 Å². The number of azide groups is 1. The first-order chi connectivity index (χ1) is 6.58. The summed E-state index contributed by atoms with van der Waals surface area (Å²) in [5, 5.41) is 3.00. The number of ether oxygens (including phenoxy) is 2. The van der Waals surface area contributed by atoms with Crippen LogP contribution in [0.5, 0.6) is 0 Å². The zero-order valence-corrected chi connectivity index (χ0v) is 8.94. The van der Waals surface area contributed by atoms with Crippen molar-refractivity contribution in [2.75, 3.05) is 14.2 Å². The highest BCUT2D eigenvalue weighted by molar-refractivity contribution is 9.12. The molecule has 0 aliphatic carbocycles. The first-order valence-electron chi connectivity index (χ1n) is 3.20. The summed E-state index contributed by atoms with van der Waals surface area (Å²) < 4.78 is 8.29. The molecule has 0 spiro atoms. The highest BCUT2D eigenvalue weighted by Crippen LogP contribution is 2.16. The summed E-state index contributed by atoms with van der Waals surface area (Å²) in [5.74, 6) is -1.77. The van der Waals surface area contributed by atoms with Gasteiger partial charge in [-0.1, -0.05) is 5.11 Å². The second-order valence-corrected chi connectivity index (χ2v) is 2.63. The molecule has 0 bridgehead atoms. The van der Waals surface area contributed by atoms with Crippen molar-refractivity contribution in [2.24, 2.45) is 5.11 Å². The van der Waals surface area contributed by atoms with Crippen molar-refractivity contribution in [1.29, 1.82) is 0 Å². The van der Waals surface area contributed by atoms with Gasteiger partial charge in [-0.3, -0.25) is 0 Å². The SMILES string of the molecule is COC(=O)/C(Br)=C(/N=[N+]=[N-])C(=O)OC. The number of rotatable bonds is 3. The Labute approximate surface area is 87.4 Å². The number of carbonyl (C=O) groups excluding carboxylic acids is 2. The van der Waals surface area contributed by atoms with Gasteiger partial charge in [0.05, 0.1) is 14.2 Å². The molecule has 0 saturated carbocycles. The largest absolute Gasteiger partial charge is 0.465 e. The molecule has 0 heterocycles. The third-order valence-corrected chi connectivity index (χ3v) is 1.80. The molecule has 8 heteroatoms. The van der Waals surface area contributed by atoms with Gasteiger partial charge in [-0.05, 0) is 21.5 Å². The Hall–Kier alpha value is -1.53. The van der Waals surface area contributed by atoms with Gasteiger partial charge >= 0.3 is 11.9 Å². The van der Waals surface area contributed by atoms with Crippen LogP contribution in [0.1, 0.15) is 0 Å². The minimum atomic E-state index is -0.930. The van der Waals surface area contributed by atoms with E-state index in [1.165, 1.54) is 0 Å². The molecular weight excluding hydrogens is 258 g/mol. The summed E-state index contributed by atoms with van der Waals surface area (Å²) in [7, 11) is 2.21. The van der Waals surface area contributed by atoms with Gasteiger partial charge in [-0.15, -0.1) is 0 Å². The van der Waals surface area contributed by atoms with Crippen LogP contribution >= 0.6 is 15.9 Å². The third-order valence-electron chi connectivity index (χ3n) is 1.10. The molecule has 76 valence electrons. The molecule has 0 aliphatic rings. The van der Waals surface area contributed by atoms with Gasteiger partial charge < -0.3 is 9.47 Å². The summed E-state index contributed by atoms with van der Waals surface area (Å²) in [4.78, 5) is 24.3. The number of methoxy groups -OCH3 is 2. The lowest BCUT2D eigenvalue weighted by Gasteiger charge is -2.01. The fourth-order valence-electron chi connectivity index (χ4n) is 0.502. The molecule has 0 aromatic carbocycles. The van der Waals surface area contributed by atoms with Crippen molar-refractivity contribution in [3.8, 4) is 0 Å². The van der Waals surface area contributed by atoms with Crippen molar-refractivity contribution < 1.29 is 19.1 Å². The highest BCUT2D eigenvalue weighted by Gasteiger charge is 2.18. The van der Waals surface area contributed by atoms with Crippen LogP contribution in [0.25, 0.3) is 10.4 Å². The number of nitrogens with zero attached hydrogens (tertiary/aromatic N) is 3. The molecule has 0 aliphatic heterocycles. The van der Waals surface area contributed by atoms with E-state index in [4.69, 9.17) is 5.53 Å². The molecule has 0 aromatic heterocycles. The van der Waals surface area contributed by atoms with Crippen LogP contribution in [0.4, 0.5) is 0 Å². The Balaban J connectivity index is 5.25. The molecule has 0 amide bonds. The molecule has 0 aromatic rings. The predicted octanol–water partition coefficient (Wildman–Crippen LogP) is 1.25. The molecule has 0 saturated heterocycles. The van der Waals surface area contributed by atoms with E-state index in [0.717, 1.165) is 14.2 Å². The van der Waals surface area contributed by atoms with Gasteiger partial charge in [0.25, 0.3) is 0 Å². The lowest BCUT2D eigenvalue weighted by molar-refractivity contribution is -0.138. The van der Waals surface area contributed by atoms with E-state index < -0.39 is 17.6 Å². The number of halogens is 1. The van der Waals surface area contributed by atoms with E-state index >= 15 is 0 Å². The normalized spacial score (nSPS) is 10.8. The molecular formula is C6H6BrN3O4. The Kier molecular flexibility index (Phi) is 5.35. The summed E-state index contributed by atoms with van der Waals surface area (Å²) in [6.45, 7) is 0. The van der Waals surface area contributed by atoms with Crippen LogP contribution in [0.15, 0.2) is 15.3 Å². The molecule has 0 unspecified atom stereocenters. The fourth-order valence-corrected chi connectivity index (χ4v) is 0.905. The first kappa shape index (κ1) is 12.5. The van der Waals surface area contributed by atoms with Crippen LogP contribution in [0.2, 0.25) is 0 Å². The average Bonchev–Trinajstić information content (AvgIpc) is 2.22. The summed E-state index contributed by atoms with van der Waals surface area (Å²) in [5.41, 5.74) is 7.64. The fraction of sp³-hybridized carbons (Fsp3) is 0.333. The van der Waals surface area contributed by atoms with E-state index in [2.05, 4.69) is 35.4 Å². The Morgan fingerprint density at radius 1 is 1.29 bits per heavy atom. The van der Waals surface area contributed by atoms with Crippen molar-refractivity contribution in [2.45, 2.75) is 0 Å². The maximum absolute atomic E-state index is 11.0. The number of carbonyl (C=O) groups is 2. The molecule has 0 radical (unpaired) electrons. The second kappa shape index (κ2) is 6.01. The van der Waals surface area contributed by atoms with E-state index in [1.54, 1.807) is 0 Å². The van der Waals surface area contributed by atoms with E-state index in [0.29, 0.717) is 0 Å². The summed E-state index contributed by atoms with van der Waals surface area (Å²) in [6, 6.07) is 0. The molecule has 0 rings (SSSR count). The minimum Gasteiger partial charge on any atom is -0.465 e. The number of hydrogen-bond acceptors (Lipinski definition) is 5. The Bertz CT molecular complexity index is 332. The summed E-state index contributed by atoms with van der Waals surface area (Å²) in [6.07, 6.45) is 0. The molecule has 7 nitrogen and oxygen atoms in total. The monoisotopic (exact) mass is 263 g/mol. The maximum Gasteiger partial charge on any atom is 0.345 e. The van der Waals surface area contributed by atoms with E-state index in [-0.39, 0.29) is 4.48 Å². The van der Waals surface area contributed by atoms with Crippen LogP contribution in [-0.4, -0.2) is 26.2 Å². The van der Waals surface area contributed by atoms with Gasteiger partial charge in [0.15, 0.2) is 0 Å². The minimum absolute atomic E-state index is 0.287. The first-order valence-corrected chi connectivity index (χ1v) is 3.99. The predicted molar refractivity (Wildman–Crippen MR) is 49.1 cm³/mol. The maximum atomic E-state index is 11.0. The zero-order valence-electron chi connectivity index (χ0n) is 7.35. The highest BCUT2D eigenvalue weighted by atomic mass is 79.9. The average molecular weight is 264 g/mol. The molecule has 14 heavy (non-hydrogen) atoms. The van der Waals surface area contributed by atoms with Crippen LogP contribution in [-0.2, 0) is 19.1 Å². The summed E-state index contributed by atoms with van der Waals surface area (Å²) >= 11 is 2.75. The second-order valence-electron chi connectivity index (χ2n) is 1.84. The molecule has 0 atom stereocenters. The third kappa shape index (κ3) is 3.08. The van der Waals surface area contributed by atoms with Crippen molar-refractivity contribution in [3.05, 3.63) is 20.6 Å². The van der Waals surface area contributed by atoms with Crippen molar-refractivity contribution in [3.63, 3.8) is 0 Å². The Morgan fingerprint density at radius 2 is 1.79 bits per heavy atom. The Morgan fingerprint density at radius 3 is 2.14 bits per heavy atom. The van der Waals surface area contributed by atoms with Crippen LogP contribution in [0.3, 0.4) is 0 Å². The van der Waals surface area contributed by atoms with Crippen molar-refractivity contribution >= 4 is 27.9 Å². The zero-order chi connectivity index (χ0) is 11.1. The number of esters is 2. The standard InChI is InChI=1S/C6H6BrN3O4/c1-13-5(11)3(7)4(9-10-8)6(12)14-2/h1-2H3/b4-3-. The number of hydrogen-bond donors (Lipinski definition) is 0. The van der Waals surface area contributed by atoms with Crippen LogP contribution in [0, 0.1) is 0 Å². The van der Waals surface area contributed by atoms with Gasteiger partial charge in [0, 0.05) is 4.91 Å². The van der Waals surface area contributed by atoms with Gasteiger partial charge in [0.1, 0.15) is 10.2 Å². The molecule has 0 N–H and O–H groups in total. The van der Waals surface area contributed by atoms with E-state index in [1.807, 2.05) is 0 Å². The van der Waals surface area contributed by atoms with Gasteiger partial charge in [0.2, 0.25) is 0 Å². The van der Waals surface area contributed by atoms with Gasteiger partial charge in [-0.25, -0.2) is 9.59 Å². The smallest absolute Gasteiger partial charge is 0.345 e. The lowest BCUT2D eigenvalue weighted by atomic mass is 10.4. The van der Waals surface area contributed by atoms with Crippen molar-refractivity contribution in [1.82, 2.24) is 0 Å². The lowest BCUT2D eigenvalue weighted by Crippen LogP contribution is -2.09. The van der Waals surface area contributed by atoms with Crippen LogP contribution < -0.4 is 0 Å². The molecule has 0 fully saturated rings. The van der Waals surface area contributed by atoms with Gasteiger partial charge in [-0.2, -0.15) is 0 Å². The quantitative estimate of drug-likeness (QED) is 0.251. The van der Waals surface area contributed by atoms with E-state index in [9.17, 15) is 9.59 Å².